The largest absolute Gasteiger partial charge is 0.507 e. The lowest BCUT2D eigenvalue weighted by molar-refractivity contribution is 0.0996. The number of phenolic OH excluding ortho intramolecular Hbond substituents is 2. The fourth-order valence-electron chi connectivity index (χ4n) is 2.63. The Kier molecular flexibility index (Phi) is 4.08. The van der Waals surface area contributed by atoms with Crippen LogP contribution in [-0.2, 0) is 0 Å². The number of phenols is 2. The third-order valence-corrected chi connectivity index (χ3v) is 3.79. The van der Waals surface area contributed by atoms with Crippen molar-refractivity contribution in [2.45, 2.75) is 13.3 Å². The van der Waals surface area contributed by atoms with Gasteiger partial charge in [0.05, 0.1) is 17.7 Å². The Bertz CT molecular complexity index is 847. The van der Waals surface area contributed by atoms with E-state index in [1.807, 2.05) is 6.92 Å². The summed E-state index contributed by atoms with van der Waals surface area (Å²) in [6, 6.07) is 9.21. The van der Waals surface area contributed by atoms with Crippen LogP contribution in [0.4, 0.5) is 0 Å². The van der Waals surface area contributed by atoms with E-state index >= 15 is 0 Å². The van der Waals surface area contributed by atoms with Gasteiger partial charge in [-0.3, -0.25) is 9.59 Å². The zero-order chi connectivity index (χ0) is 17.3. The summed E-state index contributed by atoms with van der Waals surface area (Å²) in [5, 5.41) is 19.8. The molecule has 1 aliphatic rings. The highest BCUT2D eigenvalue weighted by molar-refractivity contribution is 6.39. The number of carbonyl (C=O) groups is 2. The minimum absolute atomic E-state index is 0.161. The normalized spacial score (nSPS) is 13.5. The van der Waals surface area contributed by atoms with E-state index in [1.165, 1.54) is 18.2 Å². The second-order valence-corrected chi connectivity index (χ2v) is 5.48. The van der Waals surface area contributed by atoms with Crippen molar-refractivity contribution >= 4 is 17.1 Å². The number of aromatic hydroxyl groups is 2. The first-order valence-electron chi connectivity index (χ1n) is 7.61. The van der Waals surface area contributed by atoms with Crippen LogP contribution in [-0.4, -0.2) is 28.4 Å². The first kappa shape index (κ1) is 15.8. The lowest BCUT2D eigenvalue weighted by Gasteiger charge is -2.17. The summed E-state index contributed by atoms with van der Waals surface area (Å²) in [7, 11) is 0. The maximum absolute atomic E-state index is 12.7. The monoisotopic (exact) mass is 324 g/mol. The van der Waals surface area contributed by atoms with Gasteiger partial charge in [-0.2, -0.15) is 0 Å². The molecule has 0 aliphatic heterocycles. The van der Waals surface area contributed by atoms with Crippen molar-refractivity contribution in [1.82, 2.24) is 0 Å². The lowest BCUT2D eigenvalue weighted by Crippen LogP contribution is -2.16. The third kappa shape index (κ3) is 2.65. The minimum Gasteiger partial charge on any atom is -0.507 e. The summed E-state index contributed by atoms with van der Waals surface area (Å²) in [5.41, 5.74) is 0.400. The summed E-state index contributed by atoms with van der Waals surface area (Å²) in [5.74, 6) is -0.981. The molecule has 122 valence electrons. The van der Waals surface area contributed by atoms with Crippen LogP contribution in [0.15, 0.2) is 42.5 Å². The van der Waals surface area contributed by atoms with Gasteiger partial charge in [0.2, 0.25) is 0 Å². The zero-order valence-electron chi connectivity index (χ0n) is 13.1. The molecule has 0 heterocycles. The van der Waals surface area contributed by atoms with Crippen molar-refractivity contribution in [2.24, 2.45) is 0 Å². The number of benzene rings is 2. The molecule has 0 atom stereocenters. The van der Waals surface area contributed by atoms with Crippen molar-refractivity contribution in [2.75, 3.05) is 6.61 Å². The van der Waals surface area contributed by atoms with E-state index in [1.54, 1.807) is 24.3 Å². The highest BCUT2D eigenvalue weighted by atomic mass is 16.5. The molecule has 0 saturated carbocycles. The molecule has 0 amide bonds. The van der Waals surface area contributed by atoms with Crippen LogP contribution >= 0.6 is 0 Å². The first-order chi connectivity index (χ1) is 11.5. The Morgan fingerprint density at radius 3 is 2.17 bits per heavy atom. The second-order valence-electron chi connectivity index (χ2n) is 5.48. The Balaban J connectivity index is 2.00. The van der Waals surface area contributed by atoms with Gasteiger partial charge < -0.3 is 14.9 Å². The molecule has 2 N–H and O–H groups in total. The Morgan fingerprint density at radius 1 is 0.917 bits per heavy atom. The van der Waals surface area contributed by atoms with Gasteiger partial charge in [-0.05, 0) is 42.3 Å². The molecular weight excluding hydrogens is 308 g/mol. The highest BCUT2D eigenvalue weighted by Crippen LogP contribution is 2.37. The molecule has 3 rings (SSSR count). The molecular formula is C19H16O5. The smallest absolute Gasteiger partial charge is 0.198 e. The first-order valence-corrected chi connectivity index (χ1v) is 7.61. The average Bonchev–Trinajstić information content (AvgIpc) is 2.59. The van der Waals surface area contributed by atoms with Crippen molar-refractivity contribution < 1.29 is 24.5 Å². The molecule has 0 unspecified atom stereocenters. The Hall–Kier alpha value is -3.08. The molecule has 1 aliphatic carbocycles. The van der Waals surface area contributed by atoms with Crippen LogP contribution < -0.4 is 4.74 Å². The van der Waals surface area contributed by atoms with Crippen molar-refractivity contribution in [3.05, 3.63) is 59.2 Å². The van der Waals surface area contributed by atoms with Gasteiger partial charge >= 0.3 is 0 Å². The van der Waals surface area contributed by atoms with E-state index in [-0.39, 0.29) is 28.2 Å². The number of hydrogen-bond donors (Lipinski definition) is 2. The predicted molar refractivity (Wildman–Crippen MR) is 88.6 cm³/mol. The fourth-order valence-corrected chi connectivity index (χ4v) is 2.63. The topological polar surface area (TPSA) is 83.8 Å². The number of allylic oxidation sites excluding steroid dienone is 2. The van der Waals surface area contributed by atoms with E-state index < -0.39 is 11.6 Å². The summed E-state index contributed by atoms with van der Waals surface area (Å²) < 4.78 is 5.49. The standard InChI is InChI=1S/C19H16O5/c1-2-9-24-12-5-3-11(4-6-12)13-10-16(22)17-14(20)7-8-15(21)18(17)19(13)23/h3-8,10,20-21H,2,9H2,1H3. The molecule has 0 bridgehead atoms. The van der Waals surface area contributed by atoms with E-state index in [0.29, 0.717) is 17.9 Å². The third-order valence-electron chi connectivity index (χ3n) is 3.79. The van der Waals surface area contributed by atoms with Gasteiger partial charge in [-0.1, -0.05) is 19.1 Å². The molecule has 2 aromatic rings. The van der Waals surface area contributed by atoms with Crippen LogP contribution in [0.25, 0.3) is 5.57 Å². The summed E-state index contributed by atoms with van der Waals surface area (Å²) >= 11 is 0. The summed E-state index contributed by atoms with van der Waals surface area (Å²) in [6.07, 6.45) is 2.07. The molecule has 5 nitrogen and oxygen atoms in total. The van der Waals surface area contributed by atoms with Crippen LogP contribution in [0.5, 0.6) is 17.2 Å². The predicted octanol–water partition coefficient (Wildman–Crippen LogP) is 3.35. The van der Waals surface area contributed by atoms with E-state index in [4.69, 9.17) is 4.74 Å². The van der Waals surface area contributed by atoms with Gasteiger partial charge in [0, 0.05) is 5.57 Å². The number of fused-ring (bicyclic) bond motifs is 1. The van der Waals surface area contributed by atoms with Gasteiger partial charge in [-0.15, -0.1) is 0 Å². The SMILES string of the molecule is CCCOc1ccc(C2=CC(=O)c3c(O)ccc(O)c3C2=O)cc1. The van der Waals surface area contributed by atoms with Crippen LogP contribution in [0.2, 0.25) is 0 Å². The number of hydrogen-bond acceptors (Lipinski definition) is 5. The molecule has 0 fully saturated rings. The molecule has 0 aromatic heterocycles. The second kappa shape index (κ2) is 6.20. The number of carbonyl (C=O) groups excluding carboxylic acids is 2. The van der Waals surface area contributed by atoms with Crippen molar-refractivity contribution in [1.29, 1.82) is 0 Å². The molecule has 5 heteroatoms. The summed E-state index contributed by atoms with van der Waals surface area (Å²) in [4.78, 5) is 24.9. The molecule has 0 spiro atoms. The van der Waals surface area contributed by atoms with Crippen molar-refractivity contribution in [3.63, 3.8) is 0 Å². The Labute approximate surface area is 138 Å². The molecule has 0 saturated heterocycles. The maximum Gasteiger partial charge on any atom is 0.198 e. The molecule has 2 aromatic carbocycles. The molecule has 24 heavy (non-hydrogen) atoms. The number of Topliss-reactive ketones (excluding diaryl/α,β-unsaturated/α-hetero) is 1. The maximum atomic E-state index is 12.7. The van der Waals surface area contributed by atoms with Gasteiger partial charge in [0.25, 0.3) is 0 Å². The fraction of sp³-hybridized carbons (Fsp3) is 0.158. The van der Waals surface area contributed by atoms with Crippen LogP contribution in [0.1, 0.15) is 39.6 Å². The highest BCUT2D eigenvalue weighted by Gasteiger charge is 2.31. The lowest BCUT2D eigenvalue weighted by atomic mass is 9.85. The number of ether oxygens (including phenoxy) is 1. The van der Waals surface area contributed by atoms with Crippen LogP contribution in [0, 0.1) is 0 Å². The average molecular weight is 324 g/mol. The van der Waals surface area contributed by atoms with Gasteiger partial charge in [0.15, 0.2) is 11.6 Å². The Morgan fingerprint density at radius 2 is 1.54 bits per heavy atom. The van der Waals surface area contributed by atoms with Gasteiger partial charge in [-0.25, -0.2) is 0 Å². The number of ketones is 2. The molecule has 0 radical (unpaired) electrons. The van der Waals surface area contributed by atoms with E-state index in [0.717, 1.165) is 6.42 Å². The van der Waals surface area contributed by atoms with E-state index in [2.05, 4.69) is 0 Å². The zero-order valence-corrected chi connectivity index (χ0v) is 13.1. The van der Waals surface area contributed by atoms with Gasteiger partial charge in [0.1, 0.15) is 17.2 Å². The van der Waals surface area contributed by atoms with Crippen LogP contribution in [0.3, 0.4) is 0 Å². The quantitative estimate of drug-likeness (QED) is 0.843. The number of rotatable bonds is 4. The minimum atomic E-state index is -0.515. The summed E-state index contributed by atoms with van der Waals surface area (Å²) in [6.45, 7) is 2.60. The van der Waals surface area contributed by atoms with Crippen molar-refractivity contribution in [3.8, 4) is 17.2 Å². The van der Waals surface area contributed by atoms with E-state index in [9.17, 15) is 19.8 Å².